The molecular formula is C14H14ClFN6O2S. The average molecular weight is 385 g/mol. The quantitative estimate of drug-likeness (QED) is 0.786. The average Bonchev–Trinajstić information content (AvgIpc) is 3.25. The zero-order valence-electron chi connectivity index (χ0n) is 12.9. The van der Waals surface area contributed by atoms with Gasteiger partial charge in [-0.05, 0) is 17.7 Å². The van der Waals surface area contributed by atoms with Crippen molar-refractivity contribution >= 4 is 34.5 Å². The number of nitrogens with one attached hydrogen (secondary N) is 2. The van der Waals surface area contributed by atoms with Gasteiger partial charge in [0.2, 0.25) is 11.7 Å². The fourth-order valence-corrected chi connectivity index (χ4v) is 3.35. The van der Waals surface area contributed by atoms with Gasteiger partial charge < -0.3 is 10.2 Å². The number of hydrogen-bond donors (Lipinski definition) is 2. The highest BCUT2D eigenvalue weighted by atomic mass is 35.5. The number of carbonyl (C=O) groups excluding carboxylic acids is 2. The molecule has 1 aliphatic heterocycles. The summed E-state index contributed by atoms with van der Waals surface area (Å²) < 4.78 is 13.8. The van der Waals surface area contributed by atoms with Gasteiger partial charge in [0, 0.05) is 25.3 Å². The fraction of sp³-hybridized carbons (Fsp3) is 0.357. The Morgan fingerprint density at radius 1 is 1.52 bits per heavy atom. The molecule has 1 fully saturated rings. The minimum absolute atomic E-state index is 0.0213. The van der Waals surface area contributed by atoms with E-state index < -0.39 is 11.9 Å². The Morgan fingerprint density at radius 3 is 3.00 bits per heavy atom. The van der Waals surface area contributed by atoms with E-state index in [0.29, 0.717) is 18.7 Å². The number of H-pyrrole nitrogens is 1. The van der Waals surface area contributed by atoms with Crippen molar-refractivity contribution in [3.63, 3.8) is 0 Å². The molecule has 1 aromatic heterocycles. The molecule has 8 nitrogen and oxygen atoms in total. The lowest BCUT2D eigenvalue weighted by molar-refractivity contribution is -0.121. The van der Waals surface area contributed by atoms with E-state index >= 15 is 0 Å². The Kier molecular flexibility index (Phi) is 5.49. The van der Waals surface area contributed by atoms with Crippen molar-refractivity contribution in [1.82, 2.24) is 30.8 Å². The topological polar surface area (TPSA) is 104 Å². The van der Waals surface area contributed by atoms with Gasteiger partial charge in [-0.3, -0.25) is 9.59 Å². The molecule has 0 spiro atoms. The Bertz CT molecular complexity index is 775. The van der Waals surface area contributed by atoms with E-state index in [2.05, 4.69) is 25.9 Å². The first-order valence-corrected chi connectivity index (χ1v) is 8.80. The van der Waals surface area contributed by atoms with E-state index in [9.17, 15) is 14.0 Å². The third-order valence-electron chi connectivity index (χ3n) is 3.66. The largest absolute Gasteiger partial charge is 0.342 e. The Balaban J connectivity index is 1.70. The summed E-state index contributed by atoms with van der Waals surface area (Å²) in [5.41, 5.74) is 0.435. The number of rotatable bonds is 6. The summed E-state index contributed by atoms with van der Waals surface area (Å²) in [7, 11) is 0. The van der Waals surface area contributed by atoms with E-state index in [1.807, 2.05) is 0 Å². The lowest BCUT2D eigenvalue weighted by atomic mass is 10.1. The van der Waals surface area contributed by atoms with Gasteiger partial charge in [0.15, 0.2) is 0 Å². The highest BCUT2D eigenvalue weighted by Crippen LogP contribution is 2.23. The van der Waals surface area contributed by atoms with E-state index in [4.69, 9.17) is 11.6 Å². The Labute approximate surface area is 151 Å². The maximum Gasteiger partial charge on any atom is 0.281 e. The van der Waals surface area contributed by atoms with Crippen molar-refractivity contribution in [1.29, 1.82) is 0 Å². The minimum Gasteiger partial charge on any atom is -0.342 e. The molecule has 2 heterocycles. The zero-order chi connectivity index (χ0) is 17.8. The first-order chi connectivity index (χ1) is 12.0. The zero-order valence-corrected chi connectivity index (χ0v) is 14.5. The summed E-state index contributed by atoms with van der Waals surface area (Å²) in [4.78, 5) is 25.5. The van der Waals surface area contributed by atoms with Gasteiger partial charge >= 0.3 is 0 Å². The van der Waals surface area contributed by atoms with Crippen LogP contribution in [0, 0.1) is 5.82 Å². The molecular weight excluding hydrogens is 371 g/mol. The molecule has 11 heteroatoms. The van der Waals surface area contributed by atoms with Crippen LogP contribution < -0.4 is 5.32 Å². The van der Waals surface area contributed by atoms with Gasteiger partial charge in [0.25, 0.3) is 5.24 Å². The smallest absolute Gasteiger partial charge is 0.281 e. The second-order valence-corrected chi connectivity index (χ2v) is 6.75. The van der Waals surface area contributed by atoms with Crippen LogP contribution >= 0.6 is 23.4 Å². The number of aromatic nitrogens is 4. The minimum atomic E-state index is -0.776. The number of carbonyl (C=O) groups is 2. The van der Waals surface area contributed by atoms with Crippen LogP contribution in [0.4, 0.5) is 9.18 Å². The first kappa shape index (κ1) is 17.6. The number of tetrazole rings is 1. The molecule has 132 valence electrons. The molecule has 0 saturated carbocycles. The second kappa shape index (κ2) is 7.79. The van der Waals surface area contributed by atoms with Crippen molar-refractivity contribution in [3.8, 4) is 0 Å². The highest BCUT2D eigenvalue weighted by Gasteiger charge is 2.24. The summed E-state index contributed by atoms with van der Waals surface area (Å²) in [5, 5.41) is 16.2. The number of halogens is 2. The van der Waals surface area contributed by atoms with Crippen LogP contribution in [-0.2, 0) is 4.79 Å². The lowest BCUT2D eigenvalue weighted by Gasteiger charge is -2.18. The number of hydrogen-bond acceptors (Lipinski definition) is 6. The van der Waals surface area contributed by atoms with E-state index in [1.165, 1.54) is 23.9 Å². The van der Waals surface area contributed by atoms with Crippen LogP contribution in [0.1, 0.15) is 23.9 Å². The van der Waals surface area contributed by atoms with Crippen LogP contribution in [0.25, 0.3) is 0 Å². The number of amides is 2. The standard InChI is InChI=1S/C14H14ClFN6O2S/c15-9-2-1-8(7-10(9)16)12(13-18-20-21-19-13)17-11(23)3-4-22-5-6-25-14(22)24/h1-2,7,12H,3-6H2,(H,17,23)(H,18,19,20,21). The van der Waals surface area contributed by atoms with E-state index in [0.717, 1.165) is 5.75 Å². The molecule has 1 atom stereocenters. The summed E-state index contributed by atoms with van der Waals surface area (Å²) >= 11 is 6.94. The summed E-state index contributed by atoms with van der Waals surface area (Å²) in [6, 6.07) is 3.41. The Morgan fingerprint density at radius 2 is 2.36 bits per heavy atom. The van der Waals surface area contributed by atoms with Crippen molar-refractivity contribution in [3.05, 3.63) is 40.4 Å². The first-order valence-electron chi connectivity index (χ1n) is 7.44. The normalized spacial score (nSPS) is 15.4. The van der Waals surface area contributed by atoms with Gasteiger partial charge in [-0.25, -0.2) is 4.39 Å². The van der Waals surface area contributed by atoms with Crippen molar-refractivity contribution in [2.75, 3.05) is 18.8 Å². The summed E-state index contributed by atoms with van der Waals surface area (Å²) in [6.45, 7) is 0.957. The maximum absolute atomic E-state index is 13.8. The number of thioether (sulfide) groups is 1. The van der Waals surface area contributed by atoms with Crippen LogP contribution in [0.15, 0.2) is 18.2 Å². The number of aromatic amines is 1. The third kappa shape index (κ3) is 4.26. The van der Waals surface area contributed by atoms with Crippen LogP contribution in [0.2, 0.25) is 5.02 Å². The van der Waals surface area contributed by atoms with E-state index in [1.54, 1.807) is 11.0 Å². The number of nitrogens with zero attached hydrogens (tertiary/aromatic N) is 4. The van der Waals surface area contributed by atoms with Crippen molar-refractivity contribution in [2.24, 2.45) is 0 Å². The SMILES string of the molecule is O=C(CCN1CCSC1=O)NC(c1ccc(Cl)c(F)c1)c1nn[nH]n1. The predicted octanol–water partition coefficient (Wildman–Crippen LogP) is 1.76. The summed E-state index contributed by atoms with van der Waals surface area (Å²) in [6.07, 6.45) is 0.122. The van der Waals surface area contributed by atoms with Crippen molar-refractivity contribution < 1.29 is 14.0 Å². The molecule has 1 aromatic carbocycles. The number of benzene rings is 1. The molecule has 1 unspecified atom stereocenters. The van der Waals surface area contributed by atoms with Crippen molar-refractivity contribution in [2.45, 2.75) is 12.5 Å². The fourth-order valence-electron chi connectivity index (χ4n) is 2.38. The van der Waals surface area contributed by atoms with Crippen LogP contribution in [0.3, 0.4) is 0 Å². The van der Waals surface area contributed by atoms with Crippen LogP contribution in [-0.4, -0.2) is 55.5 Å². The van der Waals surface area contributed by atoms with Gasteiger partial charge in [0.05, 0.1) is 5.02 Å². The Hall–Kier alpha value is -2.20. The van der Waals surface area contributed by atoms with Gasteiger partial charge in [-0.1, -0.05) is 34.6 Å². The second-order valence-electron chi connectivity index (χ2n) is 5.30. The monoisotopic (exact) mass is 384 g/mol. The van der Waals surface area contributed by atoms with Crippen LogP contribution in [0.5, 0.6) is 0 Å². The third-order valence-corrected chi connectivity index (χ3v) is 4.85. The molecule has 0 radical (unpaired) electrons. The van der Waals surface area contributed by atoms with Gasteiger partial charge in [-0.15, -0.1) is 10.2 Å². The molecule has 25 heavy (non-hydrogen) atoms. The molecule has 1 saturated heterocycles. The van der Waals surface area contributed by atoms with Gasteiger partial charge in [0.1, 0.15) is 11.9 Å². The summed E-state index contributed by atoms with van der Waals surface area (Å²) in [5.74, 6) is 0.00929. The predicted molar refractivity (Wildman–Crippen MR) is 89.6 cm³/mol. The van der Waals surface area contributed by atoms with E-state index in [-0.39, 0.29) is 28.4 Å². The highest BCUT2D eigenvalue weighted by molar-refractivity contribution is 8.13. The maximum atomic E-state index is 13.8. The molecule has 2 N–H and O–H groups in total. The molecule has 0 bridgehead atoms. The molecule has 0 aliphatic carbocycles. The molecule has 3 rings (SSSR count). The molecule has 1 aliphatic rings. The molecule has 2 amide bonds. The lowest BCUT2D eigenvalue weighted by Crippen LogP contribution is -2.34. The van der Waals surface area contributed by atoms with Gasteiger partial charge in [-0.2, -0.15) is 5.21 Å². The molecule has 2 aromatic rings.